The van der Waals surface area contributed by atoms with Crippen molar-refractivity contribution in [2.75, 3.05) is 6.54 Å². The van der Waals surface area contributed by atoms with Gasteiger partial charge in [0.25, 0.3) is 17.4 Å². The molecule has 3 heterocycles. The van der Waals surface area contributed by atoms with E-state index in [-0.39, 0.29) is 23.9 Å². The van der Waals surface area contributed by atoms with E-state index in [4.69, 9.17) is 0 Å². The third-order valence-corrected chi connectivity index (χ3v) is 5.47. The Bertz CT molecular complexity index is 1100. The third-order valence-electron chi connectivity index (χ3n) is 4.26. The Morgan fingerprint density at radius 1 is 1.31 bits per heavy atom. The van der Waals surface area contributed by atoms with Gasteiger partial charge >= 0.3 is 0 Å². The maximum atomic E-state index is 12.5. The second-order valence-electron chi connectivity index (χ2n) is 6.13. The Morgan fingerprint density at radius 3 is 2.96 bits per heavy atom. The molecule has 0 saturated heterocycles. The molecule has 0 spiro atoms. The van der Waals surface area contributed by atoms with Crippen LogP contribution in [0.5, 0.6) is 0 Å². The number of fused-ring (bicyclic) bond motifs is 3. The second kappa shape index (κ2) is 6.38. The smallest absolute Gasteiger partial charge is 0.261 e. The molecule has 1 aliphatic rings. The van der Waals surface area contributed by atoms with Gasteiger partial charge in [-0.1, -0.05) is 0 Å². The molecule has 132 valence electrons. The van der Waals surface area contributed by atoms with Crippen molar-refractivity contribution in [3.63, 3.8) is 0 Å². The van der Waals surface area contributed by atoms with Crippen LogP contribution >= 0.6 is 11.3 Å². The molecule has 0 atom stereocenters. The number of H-pyrrole nitrogens is 1. The minimum atomic E-state index is -0.244. The lowest BCUT2D eigenvalue weighted by Gasteiger charge is -2.12. The van der Waals surface area contributed by atoms with Crippen molar-refractivity contribution in [2.24, 2.45) is 0 Å². The topological polar surface area (TPSA) is 104 Å². The van der Waals surface area contributed by atoms with Crippen LogP contribution in [0.1, 0.15) is 37.1 Å². The van der Waals surface area contributed by atoms with Crippen molar-refractivity contribution >= 4 is 33.2 Å². The predicted molar refractivity (Wildman–Crippen MR) is 98.6 cm³/mol. The van der Waals surface area contributed by atoms with Gasteiger partial charge in [0.2, 0.25) is 0 Å². The molecule has 0 aliphatic carbocycles. The first-order valence-electron chi connectivity index (χ1n) is 8.20. The highest BCUT2D eigenvalue weighted by Crippen LogP contribution is 2.33. The number of hydrogen-bond acceptors (Lipinski definition) is 5. The monoisotopic (exact) mass is 368 g/mol. The number of amides is 2. The molecule has 7 nitrogen and oxygen atoms in total. The molecule has 1 aromatic carbocycles. The Morgan fingerprint density at radius 2 is 2.15 bits per heavy atom. The molecule has 26 heavy (non-hydrogen) atoms. The summed E-state index contributed by atoms with van der Waals surface area (Å²) in [5.74, 6) is 0.215. The van der Waals surface area contributed by atoms with Crippen LogP contribution in [0.15, 0.2) is 29.1 Å². The van der Waals surface area contributed by atoms with Gasteiger partial charge in [-0.15, -0.1) is 11.3 Å². The zero-order valence-electron chi connectivity index (χ0n) is 14.0. The fraction of sp³-hybridized carbons (Fsp3) is 0.222. The van der Waals surface area contributed by atoms with E-state index >= 15 is 0 Å². The van der Waals surface area contributed by atoms with E-state index in [0.29, 0.717) is 23.6 Å². The lowest BCUT2D eigenvalue weighted by Crippen LogP contribution is -2.30. The summed E-state index contributed by atoms with van der Waals surface area (Å²) in [6, 6.07) is 6.81. The largest absolute Gasteiger partial charge is 0.351 e. The number of aromatic amines is 1. The molecular formula is C18H16N4O3S. The minimum absolute atomic E-state index is 0.0470. The van der Waals surface area contributed by atoms with Gasteiger partial charge in [0.15, 0.2) is 0 Å². The van der Waals surface area contributed by atoms with Crippen LogP contribution < -0.4 is 16.2 Å². The maximum Gasteiger partial charge on any atom is 0.261 e. The molecule has 2 aromatic heterocycles. The van der Waals surface area contributed by atoms with E-state index in [2.05, 4.69) is 20.6 Å². The first kappa shape index (κ1) is 16.5. The average Bonchev–Trinajstić information content (AvgIpc) is 2.98. The van der Waals surface area contributed by atoms with Crippen LogP contribution in [-0.2, 0) is 13.0 Å². The fourth-order valence-corrected chi connectivity index (χ4v) is 4.26. The molecule has 1 aliphatic heterocycles. The molecule has 3 N–H and O–H groups in total. The first-order chi connectivity index (χ1) is 12.5. The van der Waals surface area contributed by atoms with Gasteiger partial charge < -0.3 is 15.6 Å². The maximum absolute atomic E-state index is 12.5. The normalized spacial score (nSPS) is 13.3. The predicted octanol–water partition coefficient (Wildman–Crippen LogP) is 1.51. The SMILES string of the molecule is Cc1nc(CNC(=O)c2ccc3sc4c(c3c2)CCNC4=O)cc(=O)[nH]1. The first-order valence-corrected chi connectivity index (χ1v) is 9.01. The number of carbonyl (C=O) groups is 2. The number of thiophene rings is 1. The van der Waals surface area contributed by atoms with E-state index in [1.54, 1.807) is 13.0 Å². The van der Waals surface area contributed by atoms with Crippen LogP contribution in [-0.4, -0.2) is 28.3 Å². The lowest BCUT2D eigenvalue weighted by atomic mass is 10.0. The quantitative estimate of drug-likeness (QED) is 0.652. The molecule has 0 saturated carbocycles. The van der Waals surface area contributed by atoms with E-state index in [0.717, 1.165) is 26.9 Å². The number of aromatic nitrogens is 2. The van der Waals surface area contributed by atoms with Gasteiger partial charge in [0.05, 0.1) is 17.1 Å². The second-order valence-corrected chi connectivity index (χ2v) is 7.18. The Balaban J connectivity index is 1.59. The van der Waals surface area contributed by atoms with E-state index in [1.165, 1.54) is 17.4 Å². The highest BCUT2D eigenvalue weighted by Gasteiger charge is 2.22. The van der Waals surface area contributed by atoms with Crippen LogP contribution in [0.3, 0.4) is 0 Å². The molecule has 4 rings (SSSR count). The molecule has 0 radical (unpaired) electrons. The summed E-state index contributed by atoms with van der Waals surface area (Å²) < 4.78 is 0.996. The Kier molecular flexibility index (Phi) is 4.04. The molecule has 0 bridgehead atoms. The highest BCUT2D eigenvalue weighted by molar-refractivity contribution is 7.21. The van der Waals surface area contributed by atoms with Crippen molar-refractivity contribution in [3.8, 4) is 0 Å². The Hall–Kier alpha value is -3.00. The van der Waals surface area contributed by atoms with Gasteiger partial charge in [0, 0.05) is 22.9 Å². The summed E-state index contributed by atoms with van der Waals surface area (Å²) >= 11 is 1.45. The van der Waals surface area contributed by atoms with Crippen molar-refractivity contribution in [3.05, 3.63) is 62.1 Å². The van der Waals surface area contributed by atoms with Gasteiger partial charge in [-0.2, -0.15) is 0 Å². The van der Waals surface area contributed by atoms with Crippen LogP contribution in [0.4, 0.5) is 0 Å². The van der Waals surface area contributed by atoms with E-state index in [1.807, 2.05) is 12.1 Å². The zero-order valence-corrected chi connectivity index (χ0v) is 14.8. The lowest BCUT2D eigenvalue weighted by molar-refractivity contribution is 0.0943. The van der Waals surface area contributed by atoms with Crippen molar-refractivity contribution in [1.29, 1.82) is 0 Å². The number of rotatable bonds is 3. The average molecular weight is 368 g/mol. The van der Waals surface area contributed by atoms with Gasteiger partial charge in [-0.25, -0.2) is 4.98 Å². The molecular weight excluding hydrogens is 352 g/mol. The molecule has 3 aromatic rings. The molecule has 8 heteroatoms. The van der Waals surface area contributed by atoms with Gasteiger partial charge in [-0.05, 0) is 42.5 Å². The molecule has 0 unspecified atom stereocenters. The number of hydrogen-bond donors (Lipinski definition) is 3. The van der Waals surface area contributed by atoms with E-state index < -0.39 is 0 Å². The molecule has 0 fully saturated rings. The summed E-state index contributed by atoms with van der Waals surface area (Å²) in [4.78, 5) is 43.4. The standard InChI is InChI=1S/C18H16N4O3S/c1-9-21-11(7-15(23)22-9)8-20-17(24)10-2-3-14-13(6-10)12-4-5-19-18(25)16(12)26-14/h2-3,6-7H,4-5,8H2,1H3,(H,19,25)(H,20,24)(H,21,22,23). The highest BCUT2D eigenvalue weighted by atomic mass is 32.1. The number of nitrogens with zero attached hydrogens (tertiary/aromatic N) is 1. The summed E-state index contributed by atoms with van der Waals surface area (Å²) in [5.41, 5.74) is 1.79. The fourth-order valence-electron chi connectivity index (χ4n) is 3.11. The third kappa shape index (κ3) is 2.99. The van der Waals surface area contributed by atoms with Crippen molar-refractivity contribution < 1.29 is 9.59 Å². The summed E-state index contributed by atoms with van der Waals surface area (Å²) in [6.45, 7) is 2.48. The Labute approximate surface area is 152 Å². The van der Waals surface area contributed by atoms with Gasteiger partial charge in [-0.3, -0.25) is 14.4 Å². The summed E-state index contributed by atoms with van der Waals surface area (Å²) in [5, 5.41) is 6.58. The zero-order chi connectivity index (χ0) is 18.3. The number of benzene rings is 1. The number of nitrogens with one attached hydrogen (secondary N) is 3. The minimum Gasteiger partial charge on any atom is -0.351 e. The number of aryl methyl sites for hydroxylation is 1. The molecule has 2 amide bonds. The van der Waals surface area contributed by atoms with Gasteiger partial charge in [0.1, 0.15) is 5.82 Å². The summed E-state index contributed by atoms with van der Waals surface area (Å²) in [6.07, 6.45) is 0.766. The van der Waals surface area contributed by atoms with Crippen LogP contribution in [0.2, 0.25) is 0 Å². The van der Waals surface area contributed by atoms with E-state index in [9.17, 15) is 14.4 Å². The van der Waals surface area contributed by atoms with Crippen LogP contribution in [0.25, 0.3) is 10.1 Å². The van der Waals surface area contributed by atoms with Crippen molar-refractivity contribution in [2.45, 2.75) is 19.9 Å². The summed E-state index contributed by atoms with van der Waals surface area (Å²) in [7, 11) is 0. The van der Waals surface area contributed by atoms with Crippen LogP contribution in [0, 0.1) is 6.92 Å². The number of carbonyl (C=O) groups excluding carboxylic acids is 2. The van der Waals surface area contributed by atoms with Crippen molar-refractivity contribution in [1.82, 2.24) is 20.6 Å².